The number of allylic oxidation sites excluding steroid dienone is 6. The van der Waals surface area contributed by atoms with Crippen LogP contribution in [-0.4, -0.2) is 126 Å². The molecule has 0 spiro atoms. The largest absolute Gasteiger partial charge is 0.460 e. The average molecular weight is 912 g/mol. The first-order chi connectivity index (χ1) is 30.7. The second kappa shape index (κ2) is 25.2. The van der Waals surface area contributed by atoms with Gasteiger partial charge in [0, 0.05) is 52.0 Å². The number of Topliss-reactive ketones (excluding diaryl/α,β-unsaturated/α-hetero) is 3. The molecule has 0 aromatic rings. The van der Waals surface area contributed by atoms with Gasteiger partial charge in [-0.25, -0.2) is 4.79 Å². The topological polar surface area (TPSA) is 186 Å². The molecule has 3 fully saturated rings. The van der Waals surface area contributed by atoms with Crippen LogP contribution in [0.3, 0.4) is 0 Å². The van der Waals surface area contributed by atoms with Crippen molar-refractivity contribution in [3.05, 3.63) is 47.6 Å². The van der Waals surface area contributed by atoms with Crippen molar-refractivity contribution in [1.29, 1.82) is 0 Å². The fourth-order valence-corrected chi connectivity index (χ4v) is 10.7. The minimum absolute atomic E-state index is 0.0312. The van der Waals surface area contributed by atoms with E-state index in [0.717, 1.165) is 12.0 Å². The lowest BCUT2D eigenvalue weighted by Crippen LogP contribution is -2.61. The van der Waals surface area contributed by atoms with Crippen LogP contribution in [0, 0.1) is 41.4 Å². The molecular weight excluding hydrogens is 831 g/mol. The first-order valence-corrected chi connectivity index (χ1v) is 24.2. The van der Waals surface area contributed by atoms with E-state index in [9.17, 15) is 39.3 Å². The fraction of sp³-hybridized carbons (Fsp3) is 0.750. The van der Waals surface area contributed by atoms with E-state index >= 15 is 0 Å². The number of aliphatic hydroxyl groups excluding tert-OH is 2. The summed E-state index contributed by atoms with van der Waals surface area (Å²) < 4.78 is 23.4. The van der Waals surface area contributed by atoms with E-state index in [2.05, 4.69) is 0 Å². The molecule has 3 N–H and O–H groups in total. The number of hydrogen-bond donors (Lipinski definition) is 3. The maximum absolute atomic E-state index is 14.8. The number of aliphatic hydroxyl groups is 3. The summed E-state index contributed by atoms with van der Waals surface area (Å²) in [5, 5.41) is 34.3. The lowest BCUT2D eigenvalue weighted by atomic mass is 9.78. The van der Waals surface area contributed by atoms with Crippen LogP contribution >= 0.6 is 0 Å². The summed E-state index contributed by atoms with van der Waals surface area (Å²) in [5.41, 5.74) is -1.02. The van der Waals surface area contributed by atoms with E-state index in [1.807, 2.05) is 58.1 Å². The van der Waals surface area contributed by atoms with E-state index in [4.69, 9.17) is 18.9 Å². The molecule has 366 valence electrons. The van der Waals surface area contributed by atoms with Gasteiger partial charge in [-0.15, -0.1) is 0 Å². The Hall–Kier alpha value is -3.33. The zero-order valence-corrected chi connectivity index (χ0v) is 40.9. The molecule has 2 aliphatic carbocycles. The lowest BCUT2D eigenvalue weighted by molar-refractivity contribution is -0.175. The predicted molar refractivity (Wildman–Crippen MR) is 248 cm³/mol. The number of amides is 1. The molecule has 1 unspecified atom stereocenters. The number of nitrogens with zero attached hydrogens (tertiary/aromatic N) is 1. The van der Waals surface area contributed by atoms with Crippen LogP contribution in [0.4, 0.5) is 0 Å². The number of ketones is 3. The first kappa shape index (κ1) is 54.3. The van der Waals surface area contributed by atoms with Crippen molar-refractivity contribution in [2.75, 3.05) is 27.9 Å². The van der Waals surface area contributed by atoms with Gasteiger partial charge in [0.25, 0.3) is 5.91 Å². The minimum atomic E-state index is -2.35. The molecule has 13 heteroatoms. The third-order valence-electron chi connectivity index (χ3n) is 14.9. The van der Waals surface area contributed by atoms with E-state index in [1.165, 1.54) is 12.0 Å². The van der Waals surface area contributed by atoms with E-state index in [-0.39, 0.29) is 73.3 Å². The number of methoxy groups -OCH3 is 3. The summed E-state index contributed by atoms with van der Waals surface area (Å²) in [5.74, 6) is -4.66. The Morgan fingerprint density at radius 3 is 2.23 bits per heavy atom. The number of carbonyl (C=O) groups is 5. The SMILES string of the molecule is CO[C@H]1C[C@@H]2CC[C@@H](C)C(=O)C(O)(C2)C(=O)N2CCCC[C@H]2C(=O)O[C@H]([C@H](C)C[C@@H]2CC[C@@H](O)[C@H](OC)C2)CC(=O)[C@H](C)/C=C(\C)[C@@H](O)[C@@H](OC)C(=O)[C@H](C)C[C@H](C)/C=C/C=C/C=C1C. The number of esters is 1. The molecular formula is C52H81NO12. The molecule has 13 nitrogen and oxygen atoms in total. The Kier molecular flexibility index (Phi) is 21.0. The molecule has 0 radical (unpaired) electrons. The van der Waals surface area contributed by atoms with Gasteiger partial charge >= 0.3 is 5.97 Å². The number of rotatable bonds is 6. The highest BCUT2D eigenvalue weighted by molar-refractivity contribution is 6.10. The summed E-state index contributed by atoms with van der Waals surface area (Å²) in [6.45, 7) is 13.0. The molecule has 2 bridgehead atoms. The van der Waals surface area contributed by atoms with Gasteiger partial charge in [0.05, 0.1) is 18.3 Å². The van der Waals surface area contributed by atoms with Crippen LogP contribution < -0.4 is 0 Å². The van der Waals surface area contributed by atoms with Crippen molar-refractivity contribution >= 4 is 29.2 Å². The van der Waals surface area contributed by atoms with Crippen molar-refractivity contribution < 1.29 is 58.2 Å². The molecule has 2 saturated carbocycles. The third kappa shape index (κ3) is 14.3. The van der Waals surface area contributed by atoms with Gasteiger partial charge < -0.3 is 39.2 Å². The normalized spacial score (nSPS) is 39.6. The van der Waals surface area contributed by atoms with Crippen molar-refractivity contribution in [2.24, 2.45) is 41.4 Å². The number of ether oxygens (including phenoxy) is 4. The Balaban J connectivity index is 1.74. The second-order valence-corrected chi connectivity index (χ2v) is 20.1. The van der Waals surface area contributed by atoms with E-state index in [0.29, 0.717) is 63.4 Å². The Labute approximate surface area is 388 Å². The number of fused-ring (bicyclic) bond motifs is 3. The Bertz CT molecular complexity index is 1750. The van der Waals surface area contributed by atoms with Gasteiger partial charge in [-0.2, -0.15) is 0 Å². The van der Waals surface area contributed by atoms with Crippen LogP contribution in [0.2, 0.25) is 0 Å². The third-order valence-corrected chi connectivity index (χ3v) is 14.9. The summed E-state index contributed by atoms with van der Waals surface area (Å²) in [6, 6.07) is -1.08. The molecule has 0 aromatic carbocycles. The van der Waals surface area contributed by atoms with Gasteiger partial charge in [-0.1, -0.05) is 71.1 Å². The molecule has 0 aromatic heterocycles. The quantitative estimate of drug-likeness (QED) is 0.143. The fourth-order valence-electron chi connectivity index (χ4n) is 10.7. The molecule has 2 heterocycles. The molecule has 1 amide bonds. The predicted octanol–water partition coefficient (Wildman–Crippen LogP) is 6.84. The van der Waals surface area contributed by atoms with Crippen molar-refractivity contribution in [3.63, 3.8) is 0 Å². The molecule has 4 rings (SSSR count). The monoisotopic (exact) mass is 912 g/mol. The minimum Gasteiger partial charge on any atom is -0.460 e. The zero-order valence-electron chi connectivity index (χ0n) is 40.9. The molecule has 2 aliphatic heterocycles. The lowest BCUT2D eigenvalue weighted by Gasteiger charge is -2.40. The highest BCUT2D eigenvalue weighted by Gasteiger charge is 2.53. The van der Waals surface area contributed by atoms with Gasteiger partial charge in [0.2, 0.25) is 5.60 Å². The average Bonchev–Trinajstić information content (AvgIpc) is 3.39. The highest BCUT2D eigenvalue weighted by atomic mass is 16.5. The van der Waals surface area contributed by atoms with Gasteiger partial charge in [0.1, 0.15) is 30.1 Å². The van der Waals surface area contributed by atoms with Crippen molar-refractivity contribution in [2.45, 2.75) is 180 Å². The van der Waals surface area contributed by atoms with Gasteiger partial charge in [-0.3, -0.25) is 19.2 Å². The first-order valence-electron chi connectivity index (χ1n) is 24.2. The summed E-state index contributed by atoms with van der Waals surface area (Å²) in [7, 11) is 4.58. The molecule has 1 saturated heterocycles. The van der Waals surface area contributed by atoms with Gasteiger partial charge in [0.15, 0.2) is 11.6 Å². The van der Waals surface area contributed by atoms with Crippen molar-refractivity contribution in [3.8, 4) is 0 Å². The maximum Gasteiger partial charge on any atom is 0.329 e. The smallest absolute Gasteiger partial charge is 0.329 e. The highest BCUT2D eigenvalue weighted by Crippen LogP contribution is 2.39. The standard InChI is InChI=1S/C52H81NO12/c1-31-16-12-11-13-17-32(2)43(62-8)28-39-20-19-33(3)49(58)52(61,30-39)51(60)53-23-15-14-18-40(53)50(59)65-44(35(5)26-38-21-22-41(54)45(27-38)63-9)29-42(55)34(4)25-37(7)47(57)48(64-10)46(56)36(6)24-31/h11-13,16-17,25,31,33-36,38-41,43-45,47-48,54,57,61H,14-15,18-24,26-30H2,1-10H3/b13-11+,16-12+,32-17?,37-25+/t31-,33-,34-,35-,36-,38+,39+,40+,41-,43+,44+,45-,47-,48+,52?/m1/s1. The second-order valence-electron chi connectivity index (χ2n) is 20.1. The van der Waals surface area contributed by atoms with Crippen molar-refractivity contribution in [1.82, 2.24) is 4.90 Å². The van der Waals surface area contributed by atoms with Crippen LogP contribution in [-0.2, 0) is 42.9 Å². The van der Waals surface area contributed by atoms with Crippen LogP contribution in [0.5, 0.6) is 0 Å². The number of cyclic esters (lactones) is 1. The number of piperidine rings is 1. The van der Waals surface area contributed by atoms with Gasteiger partial charge in [-0.05, 0) is 126 Å². The summed E-state index contributed by atoms with van der Waals surface area (Å²) in [6.07, 6.45) is 12.5. The van der Waals surface area contributed by atoms with E-state index < -0.39 is 71.5 Å². The maximum atomic E-state index is 14.8. The van der Waals surface area contributed by atoms with Crippen LogP contribution in [0.25, 0.3) is 0 Å². The molecule has 15 atom stereocenters. The Morgan fingerprint density at radius 1 is 0.831 bits per heavy atom. The summed E-state index contributed by atoms with van der Waals surface area (Å²) >= 11 is 0. The van der Waals surface area contributed by atoms with E-state index in [1.54, 1.807) is 41.1 Å². The molecule has 4 aliphatic rings. The van der Waals surface area contributed by atoms with Crippen LogP contribution in [0.1, 0.15) is 132 Å². The molecule has 65 heavy (non-hydrogen) atoms. The Morgan fingerprint density at radius 2 is 1.55 bits per heavy atom. The zero-order chi connectivity index (χ0) is 48.2. The number of hydrogen-bond acceptors (Lipinski definition) is 12. The van der Waals surface area contributed by atoms with Crippen LogP contribution in [0.15, 0.2) is 47.6 Å². The number of carbonyl (C=O) groups excluding carboxylic acids is 5. The summed E-state index contributed by atoms with van der Waals surface area (Å²) in [4.78, 5) is 72.5.